The number of rotatable bonds is 5. The molecule has 4 nitrogen and oxygen atoms in total. The van der Waals surface area contributed by atoms with Crippen LogP contribution in [0.15, 0.2) is 24.5 Å². The van der Waals surface area contributed by atoms with Crippen LogP contribution in [0, 0.1) is 5.92 Å². The fourth-order valence-corrected chi connectivity index (χ4v) is 2.20. The molecule has 18 heavy (non-hydrogen) atoms. The monoisotopic (exact) mass is 248 g/mol. The van der Waals surface area contributed by atoms with Crippen molar-refractivity contribution in [1.29, 1.82) is 0 Å². The van der Waals surface area contributed by atoms with E-state index in [1.165, 1.54) is 0 Å². The lowest BCUT2D eigenvalue weighted by atomic mass is 9.98. The molecule has 0 radical (unpaired) electrons. The van der Waals surface area contributed by atoms with E-state index in [4.69, 9.17) is 4.74 Å². The molecule has 1 aliphatic rings. The van der Waals surface area contributed by atoms with Gasteiger partial charge in [0.1, 0.15) is 0 Å². The molecule has 98 valence electrons. The van der Waals surface area contributed by atoms with Gasteiger partial charge in [0, 0.05) is 38.6 Å². The van der Waals surface area contributed by atoms with E-state index >= 15 is 0 Å². The molecule has 4 heteroatoms. The number of nitrogens with zero attached hydrogens (tertiary/aromatic N) is 1. The lowest BCUT2D eigenvalue weighted by Crippen LogP contribution is -2.30. The number of hydrogen-bond donors (Lipinski definition) is 1. The average molecular weight is 248 g/mol. The van der Waals surface area contributed by atoms with E-state index in [1.54, 1.807) is 6.20 Å². The van der Waals surface area contributed by atoms with Crippen molar-refractivity contribution in [3.8, 4) is 0 Å². The van der Waals surface area contributed by atoms with Gasteiger partial charge in [0.25, 0.3) is 0 Å². The second-order valence-corrected chi connectivity index (χ2v) is 4.75. The van der Waals surface area contributed by atoms with Gasteiger partial charge < -0.3 is 10.1 Å². The van der Waals surface area contributed by atoms with Crippen LogP contribution in [0.2, 0.25) is 0 Å². The van der Waals surface area contributed by atoms with Crippen LogP contribution in [-0.2, 0) is 16.0 Å². The van der Waals surface area contributed by atoms with Crippen molar-refractivity contribution < 1.29 is 9.53 Å². The molecule has 2 rings (SSSR count). The number of carbonyl (C=O) groups is 1. The molecule has 1 aliphatic heterocycles. The third kappa shape index (κ3) is 4.45. The summed E-state index contributed by atoms with van der Waals surface area (Å²) in [5.41, 5.74) is 1.15. The fourth-order valence-electron chi connectivity index (χ4n) is 2.20. The first-order valence-electron chi connectivity index (χ1n) is 6.58. The van der Waals surface area contributed by atoms with Crippen LogP contribution in [0.25, 0.3) is 0 Å². The first-order valence-corrected chi connectivity index (χ1v) is 6.58. The summed E-state index contributed by atoms with van der Waals surface area (Å²) in [7, 11) is 0. The number of pyridine rings is 1. The lowest BCUT2D eigenvalue weighted by Gasteiger charge is -2.21. The minimum atomic E-state index is 0.134. The first kappa shape index (κ1) is 13.0. The zero-order valence-electron chi connectivity index (χ0n) is 10.6. The first-order chi connectivity index (χ1) is 8.84. The van der Waals surface area contributed by atoms with Crippen LogP contribution < -0.4 is 5.32 Å². The second kappa shape index (κ2) is 7.11. The summed E-state index contributed by atoms with van der Waals surface area (Å²) in [6.07, 6.45) is 7.20. The largest absolute Gasteiger partial charge is 0.381 e. The quantitative estimate of drug-likeness (QED) is 0.860. The zero-order chi connectivity index (χ0) is 12.6. The number of carbonyl (C=O) groups excluding carboxylic acids is 1. The molecule has 1 fully saturated rings. The second-order valence-electron chi connectivity index (χ2n) is 4.75. The smallest absolute Gasteiger partial charge is 0.220 e. The van der Waals surface area contributed by atoms with Crippen molar-refractivity contribution in [2.75, 3.05) is 19.8 Å². The third-order valence-corrected chi connectivity index (χ3v) is 3.19. The standard InChI is InChI=1S/C14H20N2O2/c17-14(9-13-4-2-8-18-11-13)16-7-5-12-3-1-6-15-10-12/h1,3,6,10,13H,2,4-5,7-9,11H2,(H,16,17). The maximum Gasteiger partial charge on any atom is 0.220 e. The van der Waals surface area contributed by atoms with Gasteiger partial charge in [0.05, 0.1) is 0 Å². The summed E-state index contributed by atoms with van der Waals surface area (Å²) < 4.78 is 5.37. The number of hydrogen-bond acceptors (Lipinski definition) is 3. The topological polar surface area (TPSA) is 51.2 Å². The molecule has 0 spiro atoms. The summed E-state index contributed by atoms with van der Waals surface area (Å²) in [4.78, 5) is 15.8. The van der Waals surface area contributed by atoms with Crippen molar-refractivity contribution in [3.63, 3.8) is 0 Å². The SMILES string of the molecule is O=C(CC1CCCOC1)NCCc1cccnc1. The average Bonchev–Trinajstić information content (AvgIpc) is 2.41. The highest BCUT2D eigenvalue weighted by Gasteiger charge is 2.17. The normalized spacial score (nSPS) is 19.4. The minimum absolute atomic E-state index is 0.134. The number of amides is 1. The van der Waals surface area contributed by atoms with Gasteiger partial charge in [-0.05, 0) is 36.8 Å². The van der Waals surface area contributed by atoms with E-state index in [1.807, 2.05) is 18.3 Å². The molecule has 0 saturated carbocycles. The van der Waals surface area contributed by atoms with Gasteiger partial charge in [-0.2, -0.15) is 0 Å². The summed E-state index contributed by atoms with van der Waals surface area (Å²) >= 11 is 0. The van der Waals surface area contributed by atoms with E-state index in [0.717, 1.165) is 38.0 Å². The highest BCUT2D eigenvalue weighted by atomic mass is 16.5. The van der Waals surface area contributed by atoms with Crippen molar-refractivity contribution >= 4 is 5.91 Å². The Morgan fingerprint density at radius 2 is 2.50 bits per heavy atom. The Balaban J connectivity index is 1.62. The minimum Gasteiger partial charge on any atom is -0.381 e. The Morgan fingerprint density at radius 1 is 1.56 bits per heavy atom. The van der Waals surface area contributed by atoms with Crippen LogP contribution in [0.4, 0.5) is 0 Å². The molecule has 1 aromatic heterocycles. The maximum absolute atomic E-state index is 11.7. The summed E-state index contributed by atoms with van der Waals surface area (Å²) in [6.45, 7) is 2.26. The predicted octanol–water partition coefficient (Wildman–Crippen LogP) is 1.56. The highest BCUT2D eigenvalue weighted by molar-refractivity contribution is 5.76. The summed E-state index contributed by atoms with van der Waals surface area (Å²) in [5.74, 6) is 0.534. The van der Waals surface area contributed by atoms with Crippen molar-refractivity contribution in [3.05, 3.63) is 30.1 Å². The van der Waals surface area contributed by atoms with Crippen molar-refractivity contribution in [1.82, 2.24) is 10.3 Å². The molecular formula is C14H20N2O2. The van der Waals surface area contributed by atoms with E-state index < -0.39 is 0 Å². The molecule has 1 N–H and O–H groups in total. The third-order valence-electron chi connectivity index (χ3n) is 3.19. The highest BCUT2D eigenvalue weighted by Crippen LogP contribution is 2.16. The Hall–Kier alpha value is -1.42. The van der Waals surface area contributed by atoms with Crippen LogP contribution in [0.3, 0.4) is 0 Å². The molecule has 0 aliphatic carbocycles. The van der Waals surface area contributed by atoms with Gasteiger partial charge in [0.15, 0.2) is 0 Å². The number of ether oxygens (including phenoxy) is 1. The maximum atomic E-state index is 11.7. The van der Waals surface area contributed by atoms with Crippen LogP contribution >= 0.6 is 0 Å². The molecule has 0 aromatic carbocycles. The molecule has 1 aromatic rings. The van der Waals surface area contributed by atoms with E-state index in [9.17, 15) is 4.79 Å². The molecule has 0 bridgehead atoms. The Morgan fingerprint density at radius 3 is 3.22 bits per heavy atom. The predicted molar refractivity (Wildman–Crippen MR) is 69.1 cm³/mol. The van der Waals surface area contributed by atoms with E-state index in [-0.39, 0.29) is 5.91 Å². The molecule has 1 saturated heterocycles. The Labute approximate surface area is 108 Å². The van der Waals surface area contributed by atoms with E-state index in [2.05, 4.69) is 10.3 Å². The lowest BCUT2D eigenvalue weighted by molar-refractivity contribution is -0.123. The van der Waals surface area contributed by atoms with E-state index in [0.29, 0.717) is 18.9 Å². The molecule has 1 atom stereocenters. The van der Waals surface area contributed by atoms with Crippen LogP contribution in [0.1, 0.15) is 24.8 Å². The van der Waals surface area contributed by atoms with Gasteiger partial charge in [-0.1, -0.05) is 6.07 Å². The molecular weight excluding hydrogens is 228 g/mol. The van der Waals surface area contributed by atoms with Crippen molar-refractivity contribution in [2.45, 2.75) is 25.7 Å². The number of aromatic nitrogens is 1. The van der Waals surface area contributed by atoms with Gasteiger partial charge in [-0.25, -0.2) is 0 Å². The molecule has 1 amide bonds. The Bertz CT molecular complexity index is 361. The van der Waals surface area contributed by atoms with Gasteiger partial charge in [-0.3, -0.25) is 9.78 Å². The van der Waals surface area contributed by atoms with Gasteiger partial charge in [-0.15, -0.1) is 0 Å². The van der Waals surface area contributed by atoms with Crippen molar-refractivity contribution in [2.24, 2.45) is 5.92 Å². The zero-order valence-corrected chi connectivity index (χ0v) is 10.6. The fraction of sp³-hybridized carbons (Fsp3) is 0.571. The van der Waals surface area contributed by atoms with Gasteiger partial charge in [0.2, 0.25) is 5.91 Å². The molecule has 1 unspecified atom stereocenters. The number of nitrogens with one attached hydrogen (secondary N) is 1. The van der Waals surface area contributed by atoms with Crippen LogP contribution in [-0.4, -0.2) is 30.6 Å². The summed E-state index contributed by atoms with van der Waals surface area (Å²) in [5, 5.41) is 2.96. The summed E-state index contributed by atoms with van der Waals surface area (Å²) in [6, 6.07) is 3.94. The molecule has 2 heterocycles. The van der Waals surface area contributed by atoms with Gasteiger partial charge >= 0.3 is 0 Å². The van der Waals surface area contributed by atoms with Crippen LogP contribution in [0.5, 0.6) is 0 Å². The Kier molecular flexibility index (Phi) is 5.15.